The molecule has 5 heteroatoms. The Bertz CT molecular complexity index is 723. The van der Waals surface area contributed by atoms with Crippen molar-refractivity contribution < 1.29 is 22.7 Å². The van der Waals surface area contributed by atoms with E-state index in [1.807, 2.05) is 24.3 Å². The molecule has 0 saturated heterocycles. The summed E-state index contributed by atoms with van der Waals surface area (Å²) >= 11 is 0. The molecule has 0 aromatic heterocycles. The molecule has 0 fully saturated rings. The van der Waals surface area contributed by atoms with E-state index >= 15 is 0 Å². The highest BCUT2D eigenvalue weighted by atomic mass is 19.4. The second kappa shape index (κ2) is 8.19. The minimum absolute atomic E-state index is 0.0402. The zero-order valence-electron chi connectivity index (χ0n) is 14.3. The quantitative estimate of drug-likeness (QED) is 0.632. The molecule has 0 aliphatic carbocycles. The summed E-state index contributed by atoms with van der Waals surface area (Å²) in [6.45, 7) is 4.25. The minimum Gasteiger partial charge on any atom is -0.462 e. The Labute approximate surface area is 145 Å². The number of hydrogen-bond donors (Lipinski definition) is 0. The van der Waals surface area contributed by atoms with Crippen molar-refractivity contribution in [3.05, 3.63) is 70.8 Å². The molecule has 2 aromatic carbocycles. The molecule has 134 valence electrons. The highest BCUT2D eigenvalue weighted by molar-refractivity contribution is 5.91. The van der Waals surface area contributed by atoms with E-state index in [9.17, 15) is 18.0 Å². The molecule has 0 spiro atoms. The van der Waals surface area contributed by atoms with Crippen molar-refractivity contribution >= 4 is 5.97 Å². The summed E-state index contributed by atoms with van der Waals surface area (Å²) in [7, 11) is 0. The van der Waals surface area contributed by atoms with Gasteiger partial charge in [0.15, 0.2) is 0 Å². The zero-order chi connectivity index (χ0) is 18.4. The van der Waals surface area contributed by atoms with E-state index in [0.717, 1.165) is 24.1 Å². The highest BCUT2D eigenvalue weighted by Gasteiger charge is 2.35. The SMILES string of the molecule is CCC(C)c1ccccc1CCOC(=O)c1ccccc1C(F)(F)F. The first-order valence-electron chi connectivity index (χ1n) is 8.25. The van der Waals surface area contributed by atoms with Gasteiger partial charge in [0.2, 0.25) is 0 Å². The Morgan fingerprint density at radius 2 is 1.72 bits per heavy atom. The van der Waals surface area contributed by atoms with Gasteiger partial charge in [-0.1, -0.05) is 50.2 Å². The molecule has 0 bridgehead atoms. The number of rotatable bonds is 6. The average molecular weight is 350 g/mol. The lowest BCUT2D eigenvalue weighted by molar-refractivity contribution is -0.138. The minimum atomic E-state index is -4.58. The predicted octanol–water partition coefficient (Wildman–Crippen LogP) is 5.62. The number of ether oxygens (including phenoxy) is 1. The number of benzene rings is 2. The Hall–Kier alpha value is -2.30. The lowest BCUT2D eigenvalue weighted by atomic mass is 9.92. The molecular formula is C20H21F3O2. The molecule has 1 unspecified atom stereocenters. The van der Waals surface area contributed by atoms with Gasteiger partial charge in [0.25, 0.3) is 0 Å². The van der Waals surface area contributed by atoms with E-state index < -0.39 is 23.3 Å². The summed E-state index contributed by atoms with van der Waals surface area (Å²) in [5.41, 5.74) is 0.802. The van der Waals surface area contributed by atoms with Crippen LogP contribution in [0.2, 0.25) is 0 Å². The van der Waals surface area contributed by atoms with Gasteiger partial charge in [-0.05, 0) is 35.6 Å². The molecule has 2 aromatic rings. The number of hydrogen-bond acceptors (Lipinski definition) is 2. The normalized spacial score (nSPS) is 12.7. The molecule has 0 amide bonds. The van der Waals surface area contributed by atoms with Crippen LogP contribution < -0.4 is 0 Å². The van der Waals surface area contributed by atoms with Gasteiger partial charge in [-0.25, -0.2) is 4.79 Å². The smallest absolute Gasteiger partial charge is 0.417 e. The maximum Gasteiger partial charge on any atom is 0.417 e. The summed E-state index contributed by atoms with van der Waals surface area (Å²) in [6.07, 6.45) is -3.13. The van der Waals surface area contributed by atoms with Crippen LogP contribution in [0.3, 0.4) is 0 Å². The second-order valence-corrected chi connectivity index (χ2v) is 5.94. The molecule has 2 rings (SSSR count). The van der Waals surface area contributed by atoms with Crippen LogP contribution >= 0.6 is 0 Å². The van der Waals surface area contributed by atoms with Crippen LogP contribution in [-0.4, -0.2) is 12.6 Å². The maximum atomic E-state index is 13.0. The molecule has 0 radical (unpaired) electrons. The van der Waals surface area contributed by atoms with Gasteiger partial charge in [0, 0.05) is 6.42 Å². The number of halogens is 3. The number of alkyl halides is 3. The monoisotopic (exact) mass is 350 g/mol. The Morgan fingerprint density at radius 3 is 2.40 bits per heavy atom. The van der Waals surface area contributed by atoms with E-state index in [0.29, 0.717) is 12.3 Å². The van der Waals surface area contributed by atoms with E-state index in [1.165, 1.54) is 17.7 Å². The molecule has 0 N–H and O–H groups in total. The molecule has 2 nitrogen and oxygen atoms in total. The molecule has 0 aliphatic rings. The number of carbonyl (C=O) groups excluding carboxylic acids is 1. The van der Waals surface area contributed by atoms with Crippen LogP contribution in [0.1, 0.15) is 53.2 Å². The first-order chi connectivity index (χ1) is 11.8. The molecule has 0 aliphatic heterocycles. The first kappa shape index (κ1) is 19.0. The number of carbonyl (C=O) groups is 1. The van der Waals surface area contributed by atoms with Crippen molar-refractivity contribution in [1.82, 2.24) is 0 Å². The fourth-order valence-electron chi connectivity index (χ4n) is 2.70. The van der Waals surface area contributed by atoms with E-state index in [4.69, 9.17) is 4.74 Å². The third-order valence-corrected chi connectivity index (χ3v) is 4.26. The summed E-state index contributed by atoms with van der Waals surface area (Å²) in [4.78, 5) is 12.1. The largest absolute Gasteiger partial charge is 0.462 e. The standard InChI is InChI=1S/C20H21F3O2/c1-3-14(2)16-9-5-4-8-15(16)12-13-25-19(24)17-10-6-7-11-18(17)20(21,22)23/h4-11,14H,3,12-13H2,1-2H3. The molecule has 25 heavy (non-hydrogen) atoms. The molecule has 1 atom stereocenters. The van der Waals surface area contributed by atoms with Gasteiger partial charge in [-0.15, -0.1) is 0 Å². The van der Waals surface area contributed by atoms with Crippen LogP contribution in [0.5, 0.6) is 0 Å². The maximum absolute atomic E-state index is 13.0. The van der Waals surface area contributed by atoms with Gasteiger partial charge in [-0.3, -0.25) is 0 Å². The van der Waals surface area contributed by atoms with E-state index in [-0.39, 0.29) is 6.61 Å². The van der Waals surface area contributed by atoms with Gasteiger partial charge in [0.05, 0.1) is 17.7 Å². The second-order valence-electron chi connectivity index (χ2n) is 5.94. The fourth-order valence-corrected chi connectivity index (χ4v) is 2.70. The van der Waals surface area contributed by atoms with Crippen LogP contribution in [0.4, 0.5) is 13.2 Å². The third-order valence-electron chi connectivity index (χ3n) is 4.26. The third kappa shape index (κ3) is 4.84. The van der Waals surface area contributed by atoms with E-state index in [2.05, 4.69) is 13.8 Å². The van der Waals surface area contributed by atoms with Crippen LogP contribution in [0, 0.1) is 0 Å². The van der Waals surface area contributed by atoms with Crippen LogP contribution in [-0.2, 0) is 17.3 Å². The lowest BCUT2D eigenvalue weighted by Crippen LogP contribution is -2.16. The van der Waals surface area contributed by atoms with Gasteiger partial charge >= 0.3 is 12.1 Å². The Morgan fingerprint density at radius 1 is 1.08 bits per heavy atom. The lowest BCUT2D eigenvalue weighted by Gasteiger charge is -2.15. The Kier molecular flexibility index (Phi) is 6.23. The summed E-state index contributed by atoms with van der Waals surface area (Å²) in [5, 5.41) is 0. The first-order valence-corrected chi connectivity index (χ1v) is 8.25. The highest BCUT2D eigenvalue weighted by Crippen LogP contribution is 2.32. The van der Waals surface area contributed by atoms with Crippen molar-refractivity contribution in [2.75, 3.05) is 6.61 Å². The predicted molar refractivity (Wildman–Crippen MR) is 90.6 cm³/mol. The van der Waals surface area contributed by atoms with Crippen LogP contribution in [0.15, 0.2) is 48.5 Å². The number of esters is 1. The summed E-state index contributed by atoms with van der Waals surface area (Å²) in [5.74, 6) is -0.577. The van der Waals surface area contributed by atoms with Gasteiger partial charge in [0.1, 0.15) is 0 Å². The van der Waals surface area contributed by atoms with Crippen molar-refractivity contribution in [1.29, 1.82) is 0 Å². The van der Waals surface area contributed by atoms with Crippen molar-refractivity contribution in [3.8, 4) is 0 Å². The van der Waals surface area contributed by atoms with Gasteiger partial charge in [-0.2, -0.15) is 13.2 Å². The van der Waals surface area contributed by atoms with Crippen molar-refractivity contribution in [3.63, 3.8) is 0 Å². The van der Waals surface area contributed by atoms with E-state index in [1.54, 1.807) is 0 Å². The molecule has 0 saturated carbocycles. The topological polar surface area (TPSA) is 26.3 Å². The molecular weight excluding hydrogens is 329 g/mol. The molecule has 0 heterocycles. The van der Waals surface area contributed by atoms with Crippen molar-refractivity contribution in [2.24, 2.45) is 0 Å². The van der Waals surface area contributed by atoms with Crippen LogP contribution in [0.25, 0.3) is 0 Å². The summed E-state index contributed by atoms with van der Waals surface area (Å²) < 4.78 is 44.0. The zero-order valence-corrected chi connectivity index (χ0v) is 14.3. The van der Waals surface area contributed by atoms with Crippen molar-refractivity contribution in [2.45, 2.75) is 38.8 Å². The Balaban J connectivity index is 2.06. The average Bonchev–Trinajstić information content (AvgIpc) is 2.60. The van der Waals surface area contributed by atoms with Gasteiger partial charge < -0.3 is 4.74 Å². The summed E-state index contributed by atoms with van der Waals surface area (Å²) in [6, 6.07) is 12.5. The fraction of sp³-hybridized carbons (Fsp3) is 0.350.